The lowest BCUT2D eigenvalue weighted by Crippen LogP contribution is -2.63. The van der Waals surface area contributed by atoms with Crippen LogP contribution in [0.2, 0.25) is 0 Å². The molecule has 0 aromatic carbocycles. The zero-order valence-electron chi connectivity index (χ0n) is 21.7. The number of carbonyl (C=O) groups excluding carboxylic acids is 4. The Labute approximate surface area is 212 Å². The summed E-state index contributed by atoms with van der Waals surface area (Å²) in [6.07, 6.45) is 7.73. The number of Topliss-reactive ketones (excluding diaryl/α,β-unsaturated/α-hetero) is 1. The summed E-state index contributed by atoms with van der Waals surface area (Å²) in [6.45, 7) is 6.90. The molecule has 0 aromatic rings. The van der Waals surface area contributed by atoms with Crippen molar-refractivity contribution in [1.82, 2.24) is 0 Å². The summed E-state index contributed by atoms with van der Waals surface area (Å²) in [4.78, 5) is 49.9. The van der Waals surface area contributed by atoms with Crippen molar-refractivity contribution in [2.45, 2.75) is 84.3 Å². The summed E-state index contributed by atoms with van der Waals surface area (Å²) in [5, 5.41) is 11.6. The molecule has 1 unspecified atom stereocenters. The van der Waals surface area contributed by atoms with Crippen LogP contribution in [0.3, 0.4) is 0 Å². The number of fused-ring (bicyclic) bond motifs is 5. The normalized spacial score (nSPS) is 38.8. The van der Waals surface area contributed by atoms with Gasteiger partial charge >= 0.3 is 12.1 Å². The molecule has 7 atom stereocenters. The standard InChI is InChI=1S/C28H38O8/c1-5-6-13-34-25(33)36-28(23(32)16-35-17(2)29)12-10-21-20-8-7-18-14-19(30)9-11-26(18,3)24(20)22(31)15-27(21,28)4/h9,11,14,20-22,24,31H,5-8,10,12-13,15-16H2,1-4H3/t20-,21-,22?,24+,26-,27-,28-/m0/s1. The van der Waals surface area contributed by atoms with Gasteiger partial charge in [0.15, 0.2) is 18.0 Å². The van der Waals surface area contributed by atoms with Crippen molar-refractivity contribution in [2.75, 3.05) is 13.2 Å². The van der Waals surface area contributed by atoms with Crippen LogP contribution in [0.15, 0.2) is 23.8 Å². The molecule has 8 heteroatoms. The van der Waals surface area contributed by atoms with Gasteiger partial charge in [0, 0.05) is 23.7 Å². The lowest BCUT2D eigenvalue weighted by molar-refractivity contribution is -0.185. The van der Waals surface area contributed by atoms with E-state index in [4.69, 9.17) is 14.2 Å². The van der Waals surface area contributed by atoms with Crippen LogP contribution in [-0.4, -0.2) is 53.7 Å². The quantitative estimate of drug-likeness (QED) is 0.409. The van der Waals surface area contributed by atoms with Crippen LogP contribution in [-0.2, 0) is 28.6 Å². The number of unbranched alkanes of at least 4 members (excludes halogenated alkanes) is 1. The van der Waals surface area contributed by atoms with Crippen molar-refractivity contribution >= 4 is 23.7 Å². The lowest BCUT2D eigenvalue weighted by atomic mass is 9.46. The van der Waals surface area contributed by atoms with Crippen LogP contribution < -0.4 is 0 Å². The Morgan fingerprint density at radius 2 is 1.92 bits per heavy atom. The van der Waals surface area contributed by atoms with Crippen molar-refractivity contribution in [2.24, 2.45) is 28.6 Å². The van der Waals surface area contributed by atoms with E-state index in [9.17, 15) is 24.3 Å². The number of ether oxygens (including phenoxy) is 3. The van der Waals surface area contributed by atoms with Crippen LogP contribution in [0, 0.1) is 28.6 Å². The first-order valence-electron chi connectivity index (χ1n) is 13.1. The highest BCUT2D eigenvalue weighted by Crippen LogP contribution is 2.67. The number of carbonyl (C=O) groups is 4. The maximum Gasteiger partial charge on any atom is 0.509 e. The Bertz CT molecular complexity index is 998. The minimum Gasteiger partial charge on any atom is -0.458 e. The predicted octanol–water partition coefficient (Wildman–Crippen LogP) is 4.09. The number of aliphatic hydroxyl groups excluding tert-OH is 1. The van der Waals surface area contributed by atoms with Crippen LogP contribution >= 0.6 is 0 Å². The number of esters is 1. The molecule has 0 bridgehead atoms. The van der Waals surface area contributed by atoms with Gasteiger partial charge in [0.05, 0.1) is 12.7 Å². The molecule has 0 radical (unpaired) electrons. The van der Waals surface area contributed by atoms with Gasteiger partial charge in [-0.25, -0.2) is 4.79 Å². The molecule has 0 heterocycles. The second-order valence-corrected chi connectivity index (χ2v) is 11.3. The summed E-state index contributed by atoms with van der Waals surface area (Å²) in [7, 11) is 0. The Kier molecular flexibility index (Phi) is 7.21. The summed E-state index contributed by atoms with van der Waals surface area (Å²) in [5.41, 5.74) is -1.81. The van der Waals surface area contributed by atoms with Gasteiger partial charge in [0.2, 0.25) is 5.78 Å². The van der Waals surface area contributed by atoms with E-state index in [1.165, 1.54) is 6.92 Å². The molecule has 0 amide bonds. The van der Waals surface area contributed by atoms with Gasteiger partial charge in [-0.2, -0.15) is 0 Å². The molecule has 198 valence electrons. The fraction of sp³-hybridized carbons (Fsp3) is 0.714. The molecular formula is C28H38O8. The van der Waals surface area contributed by atoms with E-state index in [0.717, 1.165) is 24.8 Å². The minimum absolute atomic E-state index is 0.0000212. The summed E-state index contributed by atoms with van der Waals surface area (Å²) < 4.78 is 16.2. The van der Waals surface area contributed by atoms with Gasteiger partial charge in [-0.3, -0.25) is 14.4 Å². The second kappa shape index (κ2) is 9.77. The average molecular weight is 503 g/mol. The number of hydrogen-bond acceptors (Lipinski definition) is 8. The van der Waals surface area contributed by atoms with E-state index in [2.05, 4.69) is 6.92 Å². The highest BCUT2D eigenvalue weighted by Gasteiger charge is 2.70. The Hall–Kier alpha value is -2.48. The molecule has 4 aliphatic rings. The van der Waals surface area contributed by atoms with E-state index < -0.39 is 47.0 Å². The van der Waals surface area contributed by atoms with Gasteiger partial charge in [0.25, 0.3) is 0 Å². The first-order chi connectivity index (χ1) is 17.0. The molecule has 1 N–H and O–H groups in total. The largest absolute Gasteiger partial charge is 0.509 e. The number of allylic oxidation sites excluding steroid dienone is 4. The van der Waals surface area contributed by atoms with Crippen LogP contribution in [0.4, 0.5) is 4.79 Å². The first-order valence-corrected chi connectivity index (χ1v) is 13.1. The summed E-state index contributed by atoms with van der Waals surface area (Å²) >= 11 is 0. The third-order valence-electron chi connectivity index (χ3n) is 9.45. The zero-order chi connectivity index (χ0) is 26.3. The predicted molar refractivity (Wildman–Crippen MR) is 130 cm³/mol. The van der Waals surface area contributed by atoms with Gasteiger partial charge in [0.1, 0.15) is 0 Å². The molecule has 3 saturated carbocycles. The molecule has 4 rings (SSSR count). The first kappa shape index (κ1) is 26.6. The van der Waals surface area contributed by atoms with E-state index in [-0.39, 0.29) is 43.0 Å². The van der Waals surface area contributed by atoms with E-state index in [1.54, 1.807) is 12.2 Å². The highest BCUT2D eigenvalue weighted by atomic mass is 16.7. The average Bonchev–Trinajstić information content (AvgIpc) is 3.10. The van der Waals surface area contributed by atoms with Crippen molar-refractivity contribution < 1.29 is 38.5 Å². The SMILES string of the molecule is CCCCOC(=O)O[C@]1(C(=O)COC(C)=O)CC[C@H]2[C@@H]3CCC4=CC(=O)C=C[C@]4(C)[C@H]3C(O)C[C@@]21C. The minimum atomic E-state index is -1.56. The monoisotopic (exact) mass is 502 g/mol. The van der Waals surface area contributed by atoms with E-state index >= 15 is 0 Å². The smallest absolute Gasteiger partial charge is 0.458 e. The molecule has 0 spiro atoms. The zero-order valence-corrected chi connectivity index (χ0v) is 21.7. The fourth-order valence-electron chi connectivity index (χ4n) is 7.75. The third kappa shape index (κ3) is 4.21. The molecule has 0 saturated heterocycles. The Morgan fingerprint density at radius 1 is 1.17 bits per heavy atom. The maximum atomic E-state index is 13.6. The molecule has 0 aromatic heterocycles. The second-order valence-electron chi connectivity index (χ2n) is 11.3. The molecule has 4 aliphatic carbocycles. The van der Waals surface area contributed by atoms with Gasteiger partial charge in [-0.1, -0.05) is 38.8 Å². The third-order valence-corrected chi connectivity index (χ3v) is 9.45. The van der Waals surface area contributed by atoms with E-state index in [0.29, 0.717) is 12.8 Å². The summed E-state index contributed by atoms with van der Waals surface area (Å²) in [6, 6.07) is 0. The number of aliphatic hydroxyl groups is 1. The summed E-state index contributed by atoms with van der Waals surface area (Å²) in [5.74, 6) is -1.14. The molecule has 36 heavy (non-hydrogen) atoms. The van der Waals surface area contributed by atoms with Crippen LogP contribution in [0.1, 0.15) is 72.6 Å². The topological polar surface area (TPSA) is 116 Å². The molecule has 8 nitrogen and oxygen atoms in total. The Morgan fingerprint density at radius 3 is 2.61 bits per heavy atom. The van der Waals surface area contributed by atoms with Crippen LogP contribution in [0.25, 0.3) is 0 Å². The number of ketones is 2. The maximum absolute atomic E-state index is 13.6. The fourth-order valence-corrected chi connectivity index (χ4v) is 7.75. The number of hydrogen-bond donors (Lipinski definition) is 1. The van der Waals surface area contributed by atoms with E-state index in [1.807, 2.05) is 19.9 Å². The van der Waals surface area contributed by atoms with Crippen LogP contribution in [0.5, 0.6) is 0 Å². The van der Waals surface area contributed by atoms with Gasteiger partial charge < -0.3 is 19.3 Å². The van der Waals surface area contributed by atoms with Crippen molar-refractivity contribution in [3.63, 3.8) is 0 Å². The number of rotatable bonds is 7. The molecule has 3 fully saturated rings. The van der Waals surface area contributed by atoms with Gasteiger partial charge in [-0.15, -0.1) is 0 Å². The lowest BCUT2D eigenvalue weighted by Gasteiger charge is -2.59. The Balaban J connectivity index is 1.68. The molecular weight excluding hydrogens is 464 g/mol. The molecule has 0 aliphatic heterocycles. The van der Waals surface area contributed by atoms with Gasteiger partial charge in [-0.05, 0) is 62.5 Å². The van der Waals surface area contributed by atoms with Crippen molar-refractivity contribution in [1.29, 1.82) is 0 Å². The van der Waals surface area contributed by atoms with Crippen molar-refractivity contribution in [3.8, 4) is 0 Å². The van der Waals surface area contributed by atoms with Crippen molar-refractivity contribution in [3.05, 3.63) is 23.8 Å². The highest BCUT2D eigenvalue weighted by molar-refractivity contribution is 6.01.